The maximum absolute atomic E-state index is 10.5. The number of carbonyl (C=O) groups is 1. The summed E-state index contributed by atoms with van der Waals surface area (Å²) in [6, 6.07) is 0. The fraction of sp³-hybridized carbons (Fsp3) is 0.875. The molecule has 12 heavy (non-hydrogen) atoms. The predicted octanol–water partition coefficient (Wildman–Crippen LogP) is 0.357. The average molecular weight is 173 g/mol. The summed E-state index contributed by atoms with van der Waals surface area (Å²) >= 11 is 0. The molecule has 0 saturated carbocycles. The van der Waals surface area contributed by atoms with Gasteiger partial charge in [-0.3, -0.25) is 4.79 Å². The SMILES string of the molecule is CC1(C)OCCC1(N)CC(=O)O. The first-order valence-electron chi connectivity index (χ1n) is 4.02. The average Bonchev–Trinajstić information content (AvgIpc) is 2.05. The summed E-state index contributed by atoms with van der Waals surface area (Å²) in [6.07, 6.45) is 0.590. The van der Waals surface area contributed by atoms with E-state index in [1.807, 2.05) is 13.8 Å². The van der Waals surface area contributed by atoms with Crippen LogP contribution in [-0.4, -0.2) is 28.8 Å². The first kappa shape index (κ1) is 9.48. The minimum atomic E-state index is -0.865. The van der Waals surface area contributed by atoms with E-state index in [0.29, 0.717) is 13.0 Å². The number of hydrogen-bond acceptors (Lipinski definition) is 3. The Balaban J connectivity index is 2.75. The molecule has 1 fully saturated rings. The first-order chi connectivity index (χ1) is 5.37. The van der Waals surface area contributed by atoms with Crippen molar-refractivity contribution in [3.63, 3.8) is 0 Å². The molecule has 1 saturated heterocycles. The number of rotatable bonds is 2. The monoisotopic (exact) mass is 173 g/mol. The van der Waals surface area contributed by atoms with E-state index in [1.54, 1.807) is 0 Å². The van der Waals surface area contributed by atoms with E-state index in [1.165, 1.54) is 0 Å². The number of carboxylic acids is 1. The van der Waals surface area contributed by atoms with Gasteiger partial charge in [0.05, 0.1) is 17.6 Å². The summed E-state index contributed by atoms with van der Waals surface area (Å²) in [4.78, 5) is 10.5. The third kappa shape index (κ3) is 1.44. The predicted molar refractivity (Wildman–Crippen MR) is 43.8 cm³/mol. The van der Waals surface area contributed by atoms with Crippen LogP contribution >= 0.6 is 0 Å². The molecule has 1 aliphatic rings. The van der Waals surface area contributed by atoms with Gasteiger partial charge in [-0.1, -0.05) is 0 Å². The van der Waals surface area contributed by atoms with Gasteiger partial charge in [0.1, 0.15) is 0 Å². The lowest BCUT2D eigenvalue weighted by atomic mass is 9.80. The third-order valence-electron chi connectivity index (χ3n) is 2.68. The van der Waals surface area contributed by atoms with Gasteiger partial charge >= 0.3 is 5.97 Å². The van der Waals surface area contributed by atoms with Crippen LogP contribution in [0.15, 0.2) is 0 Å². The van der Waals surface area contributed by atoms with Crippen molar-refractivity contribution in [1.82, 2.24) is 0 Å². The molecule has 1 unspecified atom stereocenters. The van der Waals surface area contributed by atoms with E-state index in [4.69, 9.17) is 15.6 Å². The van der Waals surface area contributed by atoms with E-state index in [-0.39, 0.29) is 6.42 Å². The Labute approximate surface area is 71.7 Å². The smallest absolute Gasteiger partial charge is 0.305 e. The molecule has 0 radical (unpaired) electrons. The Hall–Kier alpha value is -0.610. The van der Waals surface area contributed by atoms with E-state index in [9.17, 15) is 4.79 Å². The highest BCUT2D eigenvalue weighted by Gasteiger charge is 2.48. The molecule has 0 aliphatic carbocycles. The van der Waals surface area contributed by atoms with Crippen molar-refractivity contribution in [3.8, 4) is 0 Å². The Morgan fingerprint density at radius 1 is 1.67 bits per heavy atom. The lowest BCUT2D eigenvalue weighted by molar-refractivity contribution is -0.140. The zero-order valence-electron chi connectivity index (χ0n) is 7.46. The van der Waals surface area contributed by atoms with Crippen LogP contribution in [0.25, 0.3) is 0 Å². The zero-order chi connectivity index (χ0) is 9.41. The molecule has 0 aromatic heterocycles. The second kappa shape index (κ2) is 2.71. The van der Waals surface area contributed by atoms with E-state index >= 15 is 0 Å². The second-order valence-electron chi connectivity index (χ2n) is 3.84. The van der Waals surface area contributed by atoms with Crippen LogP contribution in [0.3, 0.4) is 0 Å². The molecule has 3 N–H and O–H groups in total. The number of aliphatic carboxylic acids is 1. The third-order valence-corrected chi connectivity index (χ3v) is 2.68. The Kier molecular flexibility index (Phi) is 2.14. The Morgan fingerprint density at radius 2 is 2.25 bits per heavy atom. The first-order valence-corrected chi connectivity index (χ1v) is 4.02. The van der Waals surface area contributed by atoms with Crippen LogP contribution in [0.5, 0.6) is 0 Å². The maximum atomic E-state index is 10.5. The summed E-state index contributed by atoms with van der Waals surface area (Å²) in [5.41, 5.74) is 4.70. The van der Waals surface area contributed by atoms with Crippen molar-refractivity contribution in [2.45, 2.75) is 37.8 Å². The molecule has 0 aromatic carbocycles. The topological polar surface area (TPSA) is 72.5 Å². The van der Waals surface area contributed by atoms with Crippen molar-refractivity contribution in [1.29, 1.82) is 0 Å². The normalized spacial score (nSPS) is 33.6. The van der Waals surface area contributed by atoms with Gasteiger partial charge < -0.3 is 15.6 Å². The van der Waals surface area contributed by atoms with Crippen LogP contribution in [-0.2, 0) is 9.53 Å². The Morgan fingerprint density at radius 3 is 2.58 bits per heavy atom. The molecule has 0 bridgehead atoms. The summed E-state index contributed by atoms with van der Waals surface area (Å²) in [6.45, 7) is 4.22. The number of hydrogen-bond donors (Lipinski definition) is 2. The summed E-state index contributed by atoms with van der Waals surface area (Å²) < 4.78 is 5.37. The van der Waals surface area contributed by atoms with Gasteiger partial charge in [0.15, 0.2) is 0 Å². The van der Waals surface area contributed by atoms with E-state index < -0.39 is 17.1 Å². The molecular formula is C8H15NO3. The van der Waals surface area contributed by atoms with Gasteiger partial charge in [0.2, 0.25) is 0 Å². The molecule has 4 heteroatoms. The van der Waals surface area contributed by atoms with E-state index in [2.05, 4.69) is 0 Å². The van der Waals surface area contributed by atoms with Crippen molar-refractivity contribution in [3.05, 3.63) is 0 Å². The molecule has 1 heterocycles. The summed E-state index contributed by atoms with van der Waals surface area (Å²) in [5.74, 6) is -0.865. The lowest BCUT2D eigenvalue weighted by Crippen LogP contribution is -2.55. The van der Waals surface area contributed by atoms with Gasteiger partial charge in [-0.15, -0.1) is 0 Å². The van der Waals surface area contributed by atoms with E-state index in [0.717, 1.165) is 0 Å². The second-order valence-corrected chi connectivity index (χ2v) is 3.84. The standard InChI is InChI=1S/C8H15NO3/c1-7(2)8(9,3-4-12-7)5-6(10)11/h3-5,9H2,1-2H3,(H,10,11). The largest absolute Gasteiger partial charge is 0.481 e. The lowest BCUT2D eigenvalue weighted by Gasteiger charge is -2.34. The molecular weight excluding hydrogens is 158 g/mol. The molecule has 1 rings (SSSR count). The molecule has 0 spiro atoms. The van der Waals surface area contributed by atoms with Crippen LogP contribution in [0.4, 0.5) is 0 Å². The fourth-order valence-corrected chi connectivity index (χ4v) is 1.50. The molecule has 4 nitrogen and oxygen atoms in total. The minimum Gasteiger partial charge on any atom is -0.481 e. The van der Waals surface area contributed by atoms with Gasteiger partial charge in [-0.2, -0.15) is 0 Å². The van der Waals surface area contributed by atoms with Crippen LogP contribution < -0.4 is 5.73 Å². The van der Waals surface area contributed by atoms with Gasteiger partial charge in [0.25, 0.3) is 0 Å². The van der Waals surface area contributed by atoms with Crippen molar-refractivity contribution < 1.29 is 14.6 Å². The quantitative estimate of drug-likeness (QED) is 0.632. The van der Waals surface area contributed by atoms with Gasteiger partial charge in [0, 0.05) is 6.61 Å². The number of carboxylic acid groups (broad SMARTS) is 1. The highest BCUT2D eigenvalue weighted by atomic mass is 16.5. The van der Waals surface area contributed by atoms with Crippen molar-refractivity contribution >= 4 is 5.97 Å². The summed E-state index contributed by atoms with van der Waals surface area (Å²) in [7, 11) is 0. The molecule has 1 atom stereocenters. The maximum Gasteiger partial charge on any atom is 0.305 e. The summed E-state index contributed by atoms with van der Waals surface area (Å²) in [5, 5.41) is 8.64. The highest BCUT2D eigenvalue weighted by molar-refractivity contribution is 5.68. The molecule has 1 aliphatic heterocycles. The molecule has 70 valence electrons. The number of ether oxygens (including phenoxy) is 1. The fourth-order valence-electron chi connectivity index (χ4n) is 1.50. The van der Waals surface area contributed by atoms with Gasteiger partial charge in [-0.05, 0) is 20.3 Å². The molecule has 0 aromatic rings. The van der Waals surface area contributed by atoms with Crippen LogP contribution in [0, 0.1) is 0 Å². The number of nitrogens with two attached hydrogens (primary N) is 1. The van der Waals surface area contributed by atoms with Crippen LogP contribution in [0.2, 0.25) is 0 Å². The Bertz CT molecular complexity index is 202. The molecule has 0 amide bonds. The minimum absolute atomic E-state index is 0.0278. The van der Waals surface area contributed by atoms with Crippen LogP contribution in [0.1, 0.15) is 26.7 Å². The van der Waals surface area contributed by atoms with Crippen molar-refractivity contribution in [2.24, 2.45) is 5.73 Å². The van der Waals surface area contributed by atoms with Gasteiger partial charge in [-0.25, -0.2) is 0 Å². The van der Waals surface area contributed by atoms with Crippen molar-refractivity contribution in [2.75, 3.05) is 6.61 Å². The zero-order valence-corrected chi connectivity index (χ0v) is 7.46. The highest BCUT2D eigenvalue weighted by Crippen LogP contribution is 2.35.